The molecule has 0 atom stereocenters. The number of aromatic nitrogens is 5. The smallest absolute Gasteiger partial charge is 0.335 e. The number of cyclic esters (lactones) is 1. The minimum atomic E-state index is -0.292. The summed E-state index contributed by atoms with van der Waals surface area (Å²) >= 11 is 0. The van der Waals surface area contributed by atoms with Gasteiger partial charge in [-0.1, -0.05) is 6.07 Å². The fourth-order valence-electron chi connectivity index (χ4n) is 4.40. The van der Waals surface area contributed by atoms with Crippen LogP contribution in [0.1, 0.15) is 44.6 Å². The highest BCUT2D eigenvalue weighted by atomic mass is 16.5. The van der Waals surface area contributed by atoms with Gasteiger partial charge in [0.2, 0.25) is 0 Å². The molecule has 4 rings (SSSR count). The van der Waals surface area contributed by atoms with Crippen LogP contribution in [0.15, 0.2) is 35.9 Å². The highest BCUT2D eigenvalue weighted by Crippen LogP contribution is 2.38. The Morgan fingerprint density at radius 3 is 2.75 bits per heavy atom. The first-order valence-electron chi connectivity index (χ1n) is 11.0. The maximum absolute atomic E-state index is 12.0. The van der Waals surface area contributed by atoms with Gasteiger partial charge < -0.3 is 19.7 Å². The van der Waals surface area contributed by atoms with Crippen molar-refractivity contribution in [1.82, 2.24) is 35.4 Å². The summed E-state index contributed by atoms with van der Waals surface area (Å²) < 4.78 is 6.62. The second-order valence-corrected chi connectivity index (χ2v) is 8.73. The van der Waals surface area contributed by atoms with Crippen LogP contribution in [0.2, 0.25) is 0 Å². The Bertz CT molecular complexity index is 964. The third kappa shape index (κ3) is 4.85. The molecule has 0 aromatic carbocycles. The van der Waals surface area contributed by atoms with Crippen LogP contribution in [0.4, 0.5) is 0 Å². The van der Waals surface area contributed by atoms with E-state index in [9.17, 15) is 9.59 Å². The zero-order chi connectivity index (χ0) is 22.6. The summed E-state index contributed by atoms with van der Waals surface area (Å²) in [5.74, 6) is 0.431. The minimum absolute atomic E-state index is 0.247. The van der Waals surface area contributed by atoms with Crippen molar-refractivity contribution in [2.45, 2.75) is 51.6 Å². The third-order valence-corrected chi connectivity index (χ3v) is 6.70. The van der Waals surface area contributed by atoms with Gasteiger partial charge in [0, 0.05) is 37.8 Å². The van der Waals surface area contributed by atoms with Gasteiger partial charge in [0.15, 0.2) is 5.82 Å². The quantitative estimate of drug-likeness (QED) is 0.457. The van der Waals surface area contributed by atoms with Crippen molar-refractivity contribution in [2.24, 2.45) is 5.41 Å². The SMILES string of the molecule is CC1=C(N(C)CCC2(C=O)CCC(NCc3ccc(-n4cnnn4)nc3)CC2)COC1=O. The highest BCUT2D eigenvalue weighted by Gasteiger charge is 2.35. The van der Waals surface area contributed by atoms with Crippen LogP contribution in [0.3, 0.4) is 0 Å². The second-order valence-electron chi connectivity index (χ2n) is 8.73. The molecule has 32 heavy (non-hydrogen) atoms. The number of pyridine rings is 1. The Hall–Kier alpha value is -3.14. The number of ether oxygens (including phenoxy) is 1. The molecule has 1 aliphatic heterocycles. The monoisotopic (exact) mass is 439 g/mol. The van der Waals surface area contributed by atoms with E-state index < -0.39 is 0 Å². The van der Waals surface area contributed by atoms with Crippen LogP contribution in [-0.2, 0) is 20.9 Å². The number of hydrogen-bond donors (Lipinski definition) is 1. The van der Waals surface area contributed by atoms with E-state index in [1.54, 1.807) is 6.92 Å². The molecule has 0 saturated heterocycles. The summed E-state index contributed by atoms with van der Waals surface area (Å²) in [5, 5.41) is 14.7. The van der Waals surface area contributed by atoms with Crippen LogP contribution < -0.4 is 5.32 Å². The van der Waals surface area contributed by atoms with Gasteiger partial charge in [-0.05, 0) is 61.1 Å². The number of tetrazole rings is 1. The zero-order valence-corrected chi connectivity index (χ0v) is 18.5. The maximum Gasteiger partial charge on any atom is 0.335 e. The number of rotatable bonds is 9. The standard InChI is InChI=1S/C22H29N7O3/c1-16-19(13-32-21(16)31)28(2)10-9-22(14-30)7-5-18(6-8-22)23-11-17-3-4-20(24-12-17)29-15-25-26-27-29/h3-4,12,14-15,18,23H,5-11,13H2,1-2H3. The van der Waals surface area contributed by atoms with Gasteiger partial charge in [0.25, 0.3) is 0 Å². The van der Waals surface area contributed by atoms with Crippen molar-refractivity contribution < 1.29 is 14.3 Å². The zero-order valence-electron chi connectivity index (χ0n) is 18.5. The molecule has 1 N–H and O–H groups in total. The average molecular weight is 440 g/mol. The molecule has 0 spiro atoms. The minimum Gasteiger partial charge on any atom is -0.456 e. The fraction of sp³-hybridized carbons (Fsp3) is 0.545. The van der Waals surface area contributed by atoms with Gasteiger partial charge in [-0.25, -0.2) is 9.78 Å². The summed E-state index contributed by atoms with van der Waals surface area (Å²) in [5.41, 5.74) is 2.39. The summed E-state index contributed by atoms with van der Waals surface area (Å²) in [6.45, 7) is 3.58. The van der Waals surface area contributed by atoms with Gasteiger partial charge in [-0.15, -0.1) is 5.10 Å². The molecule has 1 fully saturated rings. The van der Waals surface area contributed by atoms with Crippen molar-refractivity contribution in [2.75, 3.05) is 20.2 Å². The number of likely N-dealkylation sites (N-methyl/N-ethyl adjacent to an activating group) is 1. The fourth-order valence-corrected chi connectivity index (χ4v) is 4.40. The van der Waals surface area contributed by atoms with Crippen molar-refractivity contribution >= 4 is 12.3 Å². The number of esters is 1. The molecule has 10 heteroatoms. The van der Waals surface area contributed by atoms with Gasteiger partial charge in [0.1, 0.15) is 19.2 Å². The normalized spacial score (nSPS) is 23.3. The molecule has 10 nitrogen and oxygen atoms in total. The largest absolute Gasteiger partial charge is 0.456 e. The predicted molar refractivity (Wildman–Crippen MR) is 115 cm³/mol. The number of carbonyl (C=O) groups is 2. The van der Waals surface area contributed by atoms with E-state index in [2.05, 4.69) is 30.7 Å². The molecule has 170 valence electrons. The molecule has 1 saturated carbocycles. The maximum atomic E-state index is 12.0. The van der Waals surface area contributed by atoms with Crippen molar-refractivity contribution in [1.29, 1.82) is 0 Å². The molecule has 0 bridgehead atoms. The van der Waals surface area contributed by atoms with E-state index in [0.717, 1.165) is 62.7 Å². The Balaban J connectivity index is 1.24. The highest BCUT2D eigenvalue weighted by molar-refractivity contribution is 5.90. The van der Waals surface area contributed by atoms with Gasteiger partial charge in [0.05, 0.1) is 11.3 Å². The number of carbonyl (C=O) groups excluding carboxylic acids is 2. The van der Waals surface area contributed by atoms with Crippen molar-refractivity contribution in [3.05, 3.63) is 41.5 Å². The predicted octanol–water partition coefficient (Wildman–Crippen LogP) is 1.43. The van der Waals surface area contributed by atoms with Crippen LogP contribution in [0, 0.1) is 5.41 Å². The lowest BCUT2D eigenvalue weighted by Crippen LogP contribution is -2.39. The van der Waals surface area contributed by atoms with Crippen LogP contribution in [0.5, 0.6) is 0 Å². The van der Waals surface area contributed by atoms with Crippen LogP contribution in [-0.4, -0.2) is 68.6 Å². The second kappa shape index (κ2) is 9.56. The van der Waals surface area contributed by atoms with Crippen LogP contribution in [0.25, 0.3) is 5.82 Å². The van der Waals surface area contributed by atoms with Gasteiger partial charge in [-0.3, -0.25) is 0 Å². The molecule has 3 heterocycles. The Labute approximate surface area is 187 Å². The van der Waals surface area contributed by atoms with Gasteiger partial charge in [-0.2, -0.15) is 4.68 Å². The molecular formula is C22H29N7O3. The van der Waals surface area contributed by atoms with E-state index >= 15 is 0 Å². The lowest BCUT2D eigenvalue weighted by atomic mass is 9.71. The van der Waals surface area contributed by atoms with Gasteiger partial charge >= 0.3 is 5.97 Å². The number of nitrogens with zero attached hydrogens (tertiary/aromatic N) is 6. The number of hydrogen-bond acceptors (Lipinski definition) is 9. The summed E-state index contributed by atoms with van der Waals surface area (Å²) in [7, 11) is 1.96. The van der Waals surface area contributed by atoms with E-state index in [-0.39, 0.29) is 11.4 Å². The molecule has 0 unspecified atom stereocenters. The van der Waals surface area contributed by atoms with E-state index in [1.807, 2.05) is 25.4 Å². The van der Waals surface area contributed by atoms with E-state index in [0.29, 0.717) is 24.0 Å². The average Bonchev–Trinajstić information content (AvgIpc) is 3.48. The first-order chi connectivity index (χ1) is 15.5. The Morgan fingerprint density at radius 2 is 2.16 bits per heavy atom. The molecule has 0 radical (unpaired) electrons. The first-order valence-corrected chi connectivity index (χ1v) is 11.0. The van der Waals surface area contributed by atoms with Crippen LogP contribution >= 0.6 is 0 Å². The van der Waals surface area contributed by atoms with Crippen molar-refractivity contribution in [3.8, 4) is 5.82 Å². The summed E-state index contributed by atoms with van der Waals surface area (Å²) in [6, 6.07) is 4.28. The lowest BCUT2D eigenvalue weighted by molar-refractivity contribution is -0.136. The van der Waals surface area contributed by atoms with Crippen molar-refractivity contribution in [3.63, 3.8) is 0 Å². The Kier molecular flexibility index (Phi) is 6.59. The molecule has 2 aliphatic rings. The molecule has 1 aliphatic carbocycles. The molecular weight excluding hydrogens is 410 g/mol. The summed E-state index contributed by atoms with van der Waals surface area (Å²) in [4.78, 5) is 30.1. The number of nitrogens with one attached hydrogen (secondary N) is 1. The topological polar surface area (TPSA) is 115 Å². The third-order valence-electron chi connectivity index (χ3n) is 6.70. The first kappa shape index (κ1) is 22.1. The van der Waals surface area contributed by atoms with E-state index in [4.69, 9.17) is 4.74 Å². The van der Waals surface area contributed by atoms with E-state index in [1.165, 1.54) is 11.0 Å². The molecule has 2 aromatic heterocycles. The molecule has 2 aromatic rings. The number of aldehydes is 1. The lowest BCUT2D eigenvalue weighted by Gasteiger charge is -2.37. The molecule has 0 amide bonds. The summed E-state index contributed by atoms with van der Waals surface area (Å²) in [6.07, 6.45) is 8.93. The Morgan fingerprint density at radius 1 is 1.34 bits per heavy atom.